The fraction of sp³-hybridized carbons (Fsp3) is 0.136. The van der Waals surface area contributed by atoms with Gasteiger partial charge in [0.15, 0.2) is 0 Å². The number of carbonyl (C=O) groups is 1. The minimum atomic E-state index is -4.52. The molecule has 0 fully saturated rings. The van der Waals surface area contributed by atoms with Gasteiger partial charge in [-0.25, -0.2) is 8.42 Å². The third kappa shape index (κ3) is 5.43. The highest BCUT2D eigenvalue weighted by Crippen LogP contribution is 2.31. The van der Waals surface area contributed by atoms with Crippen molar-refractivity contribution in [1.82, 2.24) is 0 Å². The van der Waals surface area contributed by atoms with E-state index in [1.165, 1.54) is 42.5 Å². The van der Waals surface area contributed by atoms with E-state index >= 15 is 0 Å². The Balaban J connectivity index is 1.77. The number of aryl methyl sites for hydroxylation is 2. The summed E-state index contributed by atoms with van der Waals surface area (Å²) in [5.41, 5.74) is 0.993. The third-order valence-electron chi connectivity index (χ3n) is 4.51. The summed E-state index contributed by atoms with van der Waals surface area (Å²) < 4.78 is 66.1. The first-order chi connectivity index (χ1) is 14.5. The molecule has 31 heavy (non-hydrogen) atoms. The van der Waals surface area contributed by atoms with E-state index < -0.39 is 27.7 Å². The summed E-state index contributed by atoms with van der Waals surface area (Å²) in [6.45, 7) is 3.46. The standard InChI is InChI=1S/C22H19F3N2O3S/c1-14-6-9-19(10-7-14)31(29,30)27-20-11-8-16(12-15(20)2)21(28)26-18-5-3-4-17(13-18)22(23,24)25/h3-13,27H,1-2H3,(H,26,28). The molecule has 3 rings (SSSR count). The Morgan fingerprint density at radius 1 is 0.903 bits per heavy atom. The van der Waals surface area contributed by atoms with Crippen molar-refractivity contribution in [2.24, 2.45) is 0 Å². The van der Waals surface area contributed by atoms with Crippen LogP contribution in [0.25, 0.3) is 0 Å². The molecule has 0 aromatic heterocycles. The van der Waals surface area contributed by atoms with E-state index in [9.17, 15) is 26.4 Å². The summed E-state index contributed by atoms with van der Waals surface area (Å²) in [6, 6.07) is 14.9. The fourth-order valence-corrected chi connectivity index (χ4v) is 3.95. The highest BCUT2D eigenvalue weighted by atomic mass is 32.2. The van der Waals surface area contributed by atoms with Crippen LogP contribution in [0.1, 0.15) is 27.0 Å². The topological polar surface area (TPSA) is 75.3 Å². The average molecular weight is 448 g/mol. The number of nitrogens with one attached hydrogen (secondary N) is 2. The van der Waals surface area contributed by atoms with Crippen molar-refractivity contribution in [1.29, 1.82) is 0 Å². The number of sulfonamides is 1. The summed E-state index contributed by atoms with van der Waals surface area (Å²) in [6.07, 6.45) is -4.52. The van der Waals surface area contributed by atoms with Gasteiger partial charge in [0.25, 0.3) is 15.9 Å². The van der Waals surface area contributed by atoms with Gasteiger partial charge in [-0.15, -0.1) is 0 Å². The predicted octanol–water partition coefficient (Wildman–Crippen LogP) is 5.38. The quantitative estimate of drug-likeness (QED) is 0.551. The molecule has 0 radical (unpaired) electrons. The number of halogens is 3. The van der Waals surface area contributed by atoms with Crippen LogP contribution in [0.4, 0.5) is 24.5 Å². The van der Waals surface area contributed by atoms with Crippen molar-refractivity contribution in [2.75, 3.05) is 10.0 Å². The molecule has 3 aromatic carbocycles. The van der Waals surface area contributed by atoms with Crippen LogP contribution in [0.15, 0.2) is 71.6 Å². The molecule has 2 N–H and O–H groups in total. The molecule has 0 aliphatic carbocycles. The maximum atomic E-state index is 12.8. The Morgan fingerprint density at radius 3 is 2.19 bits per heavy atom. The summed E-state index contributed by atoms with van der Waals surface area (Å²) in [4.78, 5) is 12.5. The van der Waals surface area contributed by atoms with Crippen molar-refractivity contribution >= 4 is 27.3 Å². The lowest BCUT2D eigenvalue weighted by Crippen LogP contribution is -2.15. The van der Waals surface area contributed by atoms with Crippen LogP contribution in [0.5, 0.6) is 0 Å². The number of benzene rings is 3. The van der Waals surface area contributed by atoms with Crippen LogP contribution >= 0.6 is 0 Å². The predicted molar refractivity (Wildman–Crippen MR) is 113 cm³/mol. The number of hydrogen-bond acceptors (Lipinski definition) is 3. The molecular weight excluding hydrogens is 429 g/mol. The Hall–Kier alpha value is -3.33. The Bertz CT molecular complexity index is 1220. The van der Waals surface area contributed by atoms with Crippen LogP contribution in [-0.2, 0) is 16.2 Å². The minimum Gasteiger partial charge on any atom is -0.322 e. The van der Waals surface area contributed by atoms with Crippen molar-refractivity contribution in [2.45, 2.75) is 24.9 Å². The van der Waals surface area contributed by atoms with E-state index in [4.69, 9.17) is 0 Å². The number of alkyl halides is 3. The first-order valence-corrected chi connectivity index (χ1v) is 10.6. The van der Waals surface area contributed by atoms with E-state index in [0.29, 0.717) is 5.56 Å². The number of anilines is 2. The lowest BCUT2D eigenvalue weighted by Gasteiger charge is -2.13. The second-order valence-electron chi connectivity index (χ2n) is 6.98. The molecule has 9 heteroatoms. The minimum absolute atomic E-state index is 0.00151. The first-order valence-electron chi connectivity index (χ1n) is 9.14. The van der Waals surface area contributed by atoms with E-state index in [-0.39, 0.29) is 21.8 Å². The van der Waals surface area contributed by atoms with E-state index in [2.05, 4.69) is 10.0 Å². The van der Waals surface area contributed by atoms with Crippen LogP contribution in [0.3, 0.4) is 0 Å². The van der Waals surface area contributed by atoms with Crippen LogP contribution in [0.2, 0.25) is 0 Å². The van der Waals surface area contributed by atoms with Crippen molar-refractivity contribution in [3.8, 4) is 0 Å². The number of carbonyl (C=O) groups excluding carboxylic acids is 1. The second-order valence-corrected chi connectivity index (χ2v) is 8.66. The molecule has 0 aliphatic rings. The molecule has 0 spiro atoms. The van der Waals surface area contributed by atoms with Crippen LogP contribution in [-0.4, -0.2) is 14.3 Å². The van der Waals surface area contributed by atoms with Gasteiger partial charge >= 0.3 is 6.18 Å². The SMILES string of the molecule is Cc1ccc(S(=O)(=O)Nc2ccc(C(=O)Nc3cccc(C(F)(F)F)c3)cc2C)cc1. The van der Waals surface area contributed by atoms with Gasteiger partial charge in [0, 0.05) is 11.3 Å². The normalized spacial score (nSPS) is 11.8. The summed E-state index contributed by atoms with van der Waals surface area (Å²) in [7, 11) is -3.81. The molecular formula is C22H19F3N2O3S. The molecule has 0 unspecified atom stereocenters. The molecule has 0 atom stereocenters. The van der Waals surface area contributed by atoms with Crippen molar-refractivity contribution in [3.63, 3.8) is 0 Å². The highest BCUT2D eigenvalue weighted by Gasteiger charge is 2.30. The Labute approximate surface area is 178 Å². The molecule has 0 bridgehead atoms. The summed E-state index contributed by atoms with van der Waals surface area (Å²) in [5, 5.41) is 2.42. The molecule has 0 saturated heterocycles. The lowest BCUT2D eigenvalue weighted by molar-refractivity contribution is -0.137. The van der Waals surface area contributed by atoms with Gasteiger partial charge in [-0.3, -0.25) is 9.52 Å². The van der Waals surface area contributed by atoms with Gasteiger partial charge in [-0.1, -0.05) is 23.8 Å². The zero-order valence-corrected chi connectivity index (χ0v) is 17.4. The lowest BCUT2D eigenvalue weighted by atomic mass is 10.1. The van der Waals surface area contributed by atoms with Crippen LogP contribution < -0.4 is 10.0 Å². The highest BCUT2D eigenvalue weighted by molar-refractivity contribution is 7.92. The Kier molecular flexibility index (Phi) is 6.08. The van der Waals surface area contributed by atoms with E-state index in [0.717, 1.165) is 17.7 Å². The monoisotopic (exact) mass is 448 g/mol. The zero-order valence-electron chi connectivity index (χ0n) is 16.6. The number of hydrogen-bond donors (Lipinski definition) is 2. The first kappa shape index (κ1) is 22.4. The van der Waals surface area contributed by atoms with E-state index in [1.54, 1.807) is 19.1 Å². The summed E-state index contributed by atoms with van der Waals surface area (Å²) >= 11 is 0. The van der Waals surface area contributed by atoms with Crippen molar-refractivity contribution < 1.29 is 26.4 Å². The molecule has 5 nitrogen and oxygen atoms in total. The Morgan fingerprint density at radius 2 is 1.58 bits per heavy atom. The van der Waals surface area contributed by atoms with Gasteiger partial charge in [0.1, 0.15) is 0 Å². The van der Waals surface area contributed by atoms with Crippen LogP contribution in [0, 0.1) is 13.8 Å². The van der Waals surface area contributed by atoms with Gasteiger partial charge in [-0.2, -0.15) is 13.2 Å². The molecule has 162 valence electrons. The second kappa shape index (κ2) is 8.43. The molecule has 0 aliphatic heterocycles. The van der Waals surface area contributed by atoms with Gasteiger partial charge < -0.3 is 5.32 Å². The number of rotatable bonds is 5. The van der Waals surface area contributed by atoms with Gasteiger partial charge in [0.05, 0.1) is 16.1 Å². The largest absolute Gasteiger partial charge is 0.416 e. The molecule has 1 amide bonds. The maximum absolute atomic E-state index is 12.8. The third-order valence-corrected chi connectivity index (χ3v) is 5.89. The smallest absolute Gasteiger partial charge is 0.322 e. The van der Waals surface area contributed by atoms with Gasteiger partial charge in [-0.05, 0) is 67.9 Å². The molecule has 0 heterocycles. The molecule has 3 aromatic rings. The summed E-state index contributed by atoms with van der Waals surface area (Å²) in [5.74, 6) is -0.615. The van der Waals surface area contributed by atoms with Crippen molar-refractivity contribution in [3.05, 3.63) is 89.0 Å². The van der Waals surface area contributed by atoms with Gasteiger partial charge in [0.2, 0.25) is 0 Å². The zero-order chi connectivity index (χ0) is 22.8. The average Bonchev–Trinajstić information content (AvgIpc) is 2.69. The molecule has 0 saturated carbocycles. The fourth-order valence-electron chi connectivity index (χ4n) is 2.82. The maximum Gasteiger partial charge on any atom is 0.416 e. The number of amides is 1. The van der Waals surface area contributed by atoms with E-state index in [1.807, 2.05) is 6.92 Å².